The molecule has 0 saturated heterocycles. The molecule has 0 aliphatic heterocycles. The van der Waals surface area contributed by atoms with Crippen molar-refractivity contribution >= 4 is 5.91 Å². The number of carbonyl (C=O) groups excluding carboxylic acids is 1. The van der Waals surface area contributed by atoms with E-state index in [9.17, 15) is 4.79 Å². The zero-order valence-electron chi connectivity index (χ0n) is 17.1. The SMILES string of the molecule is Cc1ccnc(-n2nc(C(N)=O)c3c2CC(C)(C)[C@@H](OCc2ccccc2)C3)c1. The third kappa shape index (κ3) is 3.80. The molecule has 0 fully saturated rings. The Labute approximate surface area is 170 Å². The Balaban J connectivity index is 1.69. The van der Waals surface area contributed by atoms with E-state index in [0.29, 0.717) is 24.5 Å². The van der Waals surface area contributed by atoms with Crippen molar-refractivity contribution in [2.45, 2.75) is 46.3 Å². The van der Waals surface area contributed by atoms with E-state index >= 15 is 0 Å². The van der Waals surface area contributed by atoms with Crippen molar-refractivity contribution in [2.75, 3.05) is 0 Å². The molecule has 0 radical (unpaired) electrons. The maximum atomic E-state index is 12.1. The van der Waals surface area contributed by atoms with Gasteiger partial charge >= 0.3 is 0 Å². The molecule has 0 saturated carbocycles. The van der Waals surface area contributed by atoms with Gasteiger partial charge in [0.05, 0.1) is 18.4 Å². The molecule has 29 heavy (non-hydrogen) atoms. The third-order valence-electron chi connectivity index (χ3n) is 5.62. The maximum absolute atomic E-state index is 12.1. The van der Waals surface area contributed by atoms with E-state index in [1.54, 1.807) is 10.9 Å². The van der Waals surface area contributed by atoms with Gasteiger partial charge in [0.1, 0.15) is 0 Å². The van der Waals surface area contributed by atoms with Gasteiger partial charge in [-0.05, 0) is 42.0 Å². The molecule has 3 aromatic rings. The van der Waals surface area contributed by atoms with Gasteiger partial charge in [0, 0.05) is 18.2 Å². The highest BCUT2D eigenvalue weighted by Gasteiger charge is 2.40. The Bertz CT molecular complexity index is 1040. The summed E-state index contributed by atoms with van der Waals surface area (Å²) in [5, 5.41) is 4.55. The van der Waals surface area contributed by atoms with Gasteiger partial charge in [-0.3, -0.25) is 4.79 Å². The zero-order valence-corrected chi connectivity index (χ0v) is 17.1. The van der Waals surface area contributed by atoms with Gasteiger partial charge in [-0.15, -0.1) is 0 Å². The zero-order chi connectivity index (χ0) is 20.6. The summed E-state index contributed by atoms with van der Waals surface area (Å²) in [6.07, 6.45) is 3.02. The van der Waals surface area contributed by atoms with Gasteiger partial charge in [-0.2, -0.15) is 5.10 Å². The quantitative estimate of drug-likeness (QED) is 0.724. The largest absolute Gasteiger partial charge is 0.373 e. The Morgan fingerprint density at radius 2 is 2.03 bits per heavy atom. The average Bonchev–Trinajstić information content (AvgIpc) is 3.04. The lowest BCUT2D eigenvalue weighted by atomic mass is 9.73. The van der Waals surface area contributed by atoms with Crippen molar-refractivity contribution in [1.29, 1.82) is 0 Å². The monoisotopic (exact) mass is 390 g/mol. The van der Waals surface area contributed by atoms with E-state index in [0.717, 1.165) is 28.8 Å². The van der Waals surface area contributed by atoms with Gasteiger partial charge in [-0.25, -0.2) is 9.67 Å². The Morgan fingerprint density at radius 3 is 2.72 bits per heavy atom. The highest BCUT2D eigenvalue weighted by Crippen LogP contribution is 2.39. The first-order valence-electron chi connectivity index (χ1n) is 9.84. The van der Waals surface area contributed by atoms with E-state index < -0.39 is 5.91 Å². The van der Waals surface area contributed by atoms with E-state index in [-0.39, 0.29) is 11.5 Å². The molecule has 2 aromatic heterocycles. The minimum atomic E-state index is -0.519. The van der Waals surface area contributed by atoms with Crippen LogP contribution in [-0.2, 0) is 24.2 Å². The predicted molar refractivity (Wildman–Crippen MR) is 111 cm³/mol. The number of rotatable bonds is 5. The molecule has 6 nitrogen and oxygen atoms in total. The summed E-state index contributed by atoms with van der Waals surface area (Å²) >= 11 is 0. The van der Waals surface area contributed by atoms with Crippen LogP contribution in [0.15, 0.2) is 48.7 Å². The fraction of sp³-hybridized carbons (Fsp3) is 0.348. The summed E-state index contributed by atoms with van der Waals surface area (Å²) in [6, 6.07) is 14.0. The first-order valence-corrected chi connectivity index (χ1v) is 9.84. The predicted octanol–water partition coefficient (Wildman–Crippen LogP) is 3.38. The number of pyridine rings is 1. The second-order valence-corrected chi connectivity index (χ2v) is 8.40. The van der Waals surface area contributed by atoms with Crippen LogP contribution in [0.2, 0.25) is 0 Å². The fourth-order valence-corrected chi connectivity index (χ4v) is 3.97. The Morgan fingerprint density at radius 1 is 1.28 bits per heavy atom. The number of fused-ring (bicyclic) bond motifs is 1. The van der Waals surface area contributed by atoms with E-state index in [4.69, 9.17) is 10.5 Å². The molecular weight excluding hydrogens is 364 g/mol. The number of aryl methyl sites for hydroxylation is 1. The van der Waals surface area contributed by atoms with Gasteiger partial charge in [-0.1, -0.05) is 44.2 Å². The van der Waals surface area contributed by atoms with Crippen LogP contribution >= 0.6 is 0 Å². The number of carbonyl (C=O) groups is 1. The van der Waals surface area contributed by atoms with Gasteiger partial charge < -0.3 is 10.5 Å². The van der Waals surface area contributed by atoms with Gasteiger partial charge in [0.25, 0.3) is 5.91 Å². The van der Waals surface area contributed by atoms with Crippen LogP contribution < -0.4 is 5.73 Å². The van der Waals surface area contributed by atoms with Crippen LogP contribution in [0.1, 0.15) is 46.7 Å². The molecule has 4 rings (SSSR count). The first kappa shape index (κ1) is 19.3. The number of aromatic nitrogens is 3. The normalized spacial score (nSPS) is 17.7. The number of ether oxygens (including phenoxy) is 1. The molecule has 1 aromatic carbocycles. The fourth-order valence-electron chi connectivity index (χ4n) is 3.97. The second-order valence-electron chi connectivity index (χ2n) is 8.40. The van der Waals surface area contributed by atoms with Crippen molar-refractivity contribution in [2.24, 2.45) is 11.1 Å². The molecule has 2 heterocycles. The van der Waals surface area contributed by atoms with E-state index in [1.807, 2.05) is 37.3 Å². The van der Waals surface area contributed by atoms with Crippen LogP contribution in [0.3, 0.4) is 0 Å². The lowest BCUT2D eigenvalue weighted by Crippen LogP contribution is -2.40. The average molecular weight is 390 g/mol. The van der Waals surface area contributed by atoms with Gasteiger partial charge in [0.15, 0.2) is 11.5 Å². The number of nitrogens with zero attached hydrogens (tertiary/aromatic N) is 3. The lowest BCUT2D eigenvalue weighted by molar-refractivity contribution is -0.0411. The highest BCUT2D eigenvalue weighted by molar-refractivity contribution is 5.92. The minimum absolute atomic E-state index is 0.0450. The number of amides is 1. The standard InChI is InChI=1S/C23H26N4O2/c1-15-9-10-25-20(11-15)27-18-13-23(2,3)19(12-17(18)21(26-27)22(24)28)29-14-16-7-5-4-6-8-16/h4-11,19H,12-14H2,1-3H3,(H2,24,28)/t19-/m0/s1. The molecule has 1 atom stereocenters. The van der Waals surface area contributed by atoms with Crippen LogP contribution in [-0.4, -0.2) is 26.8 Å². The molecule has 1 aliphatic rings. The Kier molecular flexibility index (Phi) is 4.96. The van der Waals surface area contributed by atoms with E-state index in [2.05, 4.69) is 36.1 Å². The molecule has 1 aliphatic carbocycles. The highest BCUT2D eigenvalue weighted by atomic mass is 16.5. The van der Waals surface area contributed by atoms with Crippen LogP contribution in [0.5, 0.6) is 0 Å². The summed E-state index contributed by atoms with van der Waals surface area (Å²) in [5.74, 6) is 0.183. The number of nitrogens with two attached hydrogens (primary N) is 1. The van der Waals surface area contributed by atoms with E-state index in [1.165, 1.54) is 0 Å². The van der Waals surface area contributed by atoms with Crippen molar-refractivity contribution in [3.8, 4) is 5.82 Å². The van der Waals surface area contributed by atoms with Crippen LogP contribution in [0.4, 0.5) is 0 Å². The van der Waals surface area contributed by atoms with Crippen LogP contribution in [0.25, 0.3) is 5.82 Å². The molecule has 150 valence electrons. The maximum Gasteiger partial charge on any atom is 0.269 e. The summed E-state index contributed by atoms with van der Waals surface area (Å²) in [6.45, 7) is 6.92. The second kappa shape index (κ2) is 7.44. The minimum Gasteiger partial charge on any atom is -0.373 e. The molecule has 6 heteroatoms. The molecular formula is C23H26N4O2. The molecule has 1 amide bonds. The third-order valence-corrected chi connectivity index (χ3v) is 5.62. The summed E-state index contributed by atoms with van der Waals surface area (Å²) in [5.41, 5.74) is 9.92. The van der Waals surface area contributed by atoms with Crippen molar-refractivity contribution in [3.63, 3.8) is 0 Å². The summed E-state index contributed by atoms with van der Waals surface area (Å²) in [7, 11) is 0. The topological polar surface area (TPSA) is 83.0 Å². The van der Waals surface area contributed by atoms with Crippen molar-refractivity contribution in [1.82, 2.24) is 14.8 Å². The first-order chi connectivity index (χ1) is 13.8. The van der Waals surface area contributed by atoms with Crippen molar-refractivity contribution in [3.05, 3.63) is 76.7 Å². The molecule has 0 spiro atoms. The summed E-state index contributed by atoms with van der Waals surface area (Å²) < 4.78 is 8.08. The molecule has 0 unspecified atom stereocenters. The Hall–Kier alpha value is -2.99. The number of hydrogen-bond acceptors (Lipinski definition) is 4. The summed E-state index contributed by atoms with van der Waals surface area (Å²) in [4.78, 5) is 16.6. The number of benzene rings is 1. The van der Waals surface area contributed by atoms with Gasteiger partial charge in [0.2, 0.25) is 0 Å². The van der Waals surface area contributed by atoms with Crippen molar-refractivity contribution < 1.29 is 9.53 Å². The number of primary amides is 1. The molecule has 2 N–H and O–H groups in total. The lowest BCUT2D eigenvalue weighted by Gasteiger charge is -2.38. The number of hydrogen-bond donors (Lipinski definition) is 1. The smallest absolute Gasteiger partial charge is 0.269 e. The molecule has 0 bridgehead atoms. The van der Waals surface area contributed by atoms with Crippen LogP contribution in [0, 0.1) is 12.3 Å².